The molecule has 0 radical (unpaired) electrons. The molecule has 15 heavy (non-hydrogen) atoms. The third-order valence-electron chi connectivity index (χ3n) is 2.10. The van der Waals surface area contributed by atoms with Gasteiger partial charge in [-0.15, -0.1) is 0 Å². The summed E-state index contributed by atoms with van der Waals surface area (Å²) in [6.45, 7) is 0. The molecule has 0 saturated heterocycles. The summed E-state index contributed by atoms with van der Waals surface area (Å²) in [5.74, 6) is 0. The van der Waals surface area contributed by atoms with Gasteiger partial charge in [0.15, 0.2) is 0 Å². The summed E-state index contributed by atoms with van der Waals surface area (Å²) in [4.78, 5) is 0. The normalized spacial score (nSPS) is 10.6. The van der Waals surface area contributed by atoms with E-state index >= 15 is 0 Å². The summed E-state index contributed by atoms with van der Waals surface area (Å²) in [6.07, 6.45) is 1.63. The van der Waals surface area contributed by atoms with Crippen LogP contribution >= 0.6 is 27.5 Å². The summed E-state index contributed by atoms with van der Waals surface area (Å²) in [5, 5.41) is 4.75. The highest BCUT2D eigenvalue weighted by atomic mass is 79.9. The first-order valence-corrected chi connectivity index (χ1v) is 5.49. The first kappa shape index (κ1) is 10.5. The van der Waals surface area contributed by atoms with Crippen LogP contribution in [0, 0.1) is 0 Å². The standard InChI is InChI=1S/C10H9BrClN3/c1-15-10(9(13)5-14-15)6-2-7(11)4-8(12)3-6/h2-5H,13H2,1H3. The van der Waals surface area contributed by atoms with Gasteiger partial charge >= 0.3 is 0 Å². The third kappa shape index (κ3) is 2.01. The van der Waals surface area contributed by atoms with Crippen molar-refractivity contribution in [3.05, 3.63) is 33.9 Å². The Morgan fingerprint density at radius 2 is 2.13 bits per heavy atom. The smallest absolute Gasteiger partial charge is 0.0909 e. The van der Waals surface area contributed by atoms with Gasteiger partial charge in [-0.05, 0) is 18.2 Å². The molecule has 2 aromatic rings. The van der Waals surface area contributed by atoms with Crippen molar-refractivity contribution in [3.63, 3.8) is 0 Å². The molecule has 1 aromatic heterocycles. The van der Waals surface area contributed by atoms with Crippen LogP contribution in [0.1, 0.15) is 0 Å². The summed E-state index contributed by atoms with van der Waals surface area (Å²) in [6, 6.07) is 5.65. The number of hydrogen-bond donors (Lipinski definition) is 1. The number of benzene rings is 1. The van der Waals surface area contributed by atoms with E-state index in [1.54, 1.807) is 10.9 Å². The number of nitrogens with two attached hydrogens (primary N) is 1. The average Bonchev–Trinajstić information content (AvgIpc) is 2.44. The SMILES string of the molecule is Cn1ncc(N)c1-c1cc(Cl)cc(Br)c1. The molecule has 0 atom stereocenters. The Morgan fingerprint density at radius 3 is 2.67 bits per heavy atom. The Balaban J connectivity index is 2.63. The quantitative estimate of drug-likeness (QED) is 0.875. The van der Waals surface area contributed by atoms with Crippen LogP contribution in [0.3, 0.4) is 0 Å². The number of aryl methyl sites for hydroxylation is 1. The van der Waals surface area contributed by atoms with Gasteiger partial charge in [0, 0.05) is 22.1 Å². The number of nitrogens with zero attached hydrogens (tertiary/aromatic N) is 2. The maximum absolute atomic E-state index is 5.97. The molecule has 78 valence electrons. The fraction of sp³-hybridized carbons (Fsp3) is 0.100. The first-order valence-electron chi connectivity index (χ1n) is 4.32. The molecule has 0 saturated carbocycles. The second kappa shape index (κ2) is 3.87. The molecular weight excluding hydrogens is 277 g/mol. The summed E-state index contributed by atoms with van der Waals surface area (Å²) >= 11 is 9.36. The van der Waals surface area contributed by atoms with E-state index in [4.69, 9.17) is 17.3 Å². The predicted molar refractivity (Wildman–Crippen MR) is 65.8 cm³/mol. The largest absolute Gasteiger partial charge is 0.396 e. The number of anilines is 1. The molecule has 1 heterocycles. The van der Waals surface area contributed by atoms with Crippen molar-refractivity contribution in [2.24, 2.45) is 7.05 Å². The number of halogens is 2. The molecule has 2 rings (SSSR count). The molecular formula is C10H9BrClN3. The Hall–Kier alpha value is -1.000. The zero-order valence-electron chi connectivity index (χ0n) is 8.04. The van der Waals surface area contributed by atoms with Crippen LogP contribution in [0.25, 0.3) is 11.3 Å². The maximum atomic E-state index is 5.97. The molecule has 0 aliphatic carbocycles. The van der Waals surface area contributed by atoms with E-state index in [0.717, 1.165) is 15.7 Å². The van der Waals surface area contributed by atoms with Gasteiger partial charge in [0.2, 0.25) is 0 Å². The second-order valence-corrected chi connectivity index (χ2v) is 4.58. The van der Waals surface area contributed by atoms with Crippen LogP contribution in [0.5, 0.6) is 0 Å². The van der Waals surface area contributed by atoms with Gasteiger partial charge in [-0.25, -0.2) is 0 Å². The summed E-state index contributed by atoms with van der Waals surface area (Å²) in [5.41, 5.74) is 8.30. The zero-order chi connectivity index (χ0) is 11.0. The highest BCUT2D eigenvalue weighted by molar-refractivity contribution is 9.10. The minimum Gasteiger partial charge on any atom is -0.396 e. The second-order valence-electron chi connectivity index (χ2n) is 3.23. The van der Waals surface area contributed by atoms with Crippen LogP contribution in [0.2, 0.25) is 5.02 Å². The van der Waals surface area contributed by atoms with Gasteiger partial charge in [0.25, 0.3) is 0 Å². The minimum absolute atomic E-state index is 0.645. The molecule has 0 spiro atoms. The lowest BCUT2D eigenvalue weighted by atomic mass is 10.1. The number of nitrogen functional groups attached to an aromatic ring is 1. The molecule has 0 amide bonds. The van der Waals surface area contributed by atoms with Crippen LogP contribution in [-0.2, 0) is 7.05 Å². The van der Waals surface area contributed by atoms with Crippen LogP contribution in [0.15, 0.2) is 28.9 Å². The Kier molecular flexibility index (Phi) is 2.71. The maximum Gasteiger partial charge on any atom is 0.0909 e. The van der Waals surface area contributed by atoms with Gasteiger partial charge < -0.3 is 5.73 Å². The van der Waals surface area contributed by atoms with E-state index in [0.29, 0.717) is 10.7 Å². The van der Waals surface area contributed by atoms with E-state index in [2.05, 4.69) is 21.0 Å². The fourth-order valence-corrected chi connectivity index (χ4v) is 2.36. The van der Waals surface area contributed by atoms with Crippen molar-refractivity contribution in [2.45, 2.75) is 0 Å². The van der Waals surface area contributed by atoms with Crippen LogP contribution in [0.4, 0.5) is 5.69 Å². The lowest BCUT2D eigenvalue weighted by molar-refractivity contribution is 0.776. The molecule has 5 heteroatoms. The Labute approximate surface area is 101 Å². The fourth-order valence-electron chi connectivity index (χ4n) is 1.50. The molecule has 2 N–H and O–H groups in total. The Morgan fingerprint density at radius 1 is 1.40 bits per heavy atom. The summed E-state index contributed by atoms with van der Waals surface area (Å²) in [7, 11) is 1.85. The van der Waals surface area contributed by atoms with Crippen molar-refractivity contribution >= 4 is 33.2 Å². The molecule has 3 nitrogen and oxygen atoms in total. The first-order chi connectivity index (χ1) is 7.08. The topological polar surface area (TPSA) is 43.8 Å². The van der Waals surface area contributed by atoms with E-state index in [1.807, 2.05) is 25.2 Å². The molecule has 0 aliphatic rings. The number of hydrogen-bond acceptors (Lipinski definition) is 2. The van der Waals surface area contributed by atoms with E-state index in [1.165, 1.54) is 0 Å². The molecule has 0 unspecified atom stereocenters. The molecule has 1 aromatic carbocycles. The molecule has 0 bridgehead atoms. The van der Waals surface area contributed by atoms with Gasteiger partial charge in [-0.2, -0.15) is 5.10 Å². The van der Waals surface area contributed by atoms with E-state index < -0.39 is 0 Å². The predicted octanol–water partition coefficient (Wildman–Crippen LogP) is 3.09. The number of aromatic nitrogens is 2. The van der Waals surface area contributed by atoms with Gasteiger partial charge in [0.05, 0.1) is 17.6 Å². The van der Waals surface area contributed by atoms with Gasteiger partial charge in [-0.1, -0.05) is 27.5 Å². The third-order valence-corrected chi connectivity index (χ3v) is 2.78. The van der Waals surface area contributed by atoms with E-state index in [9.17, 15) is 0 Å². The lowest BCUT2D eigenvalue weighted by Crippen LogP contribution is -1.95. The van der Waals surface area contributed by atoms with Crippen molar-refractivity contribution in [1.82, 2.24) is 9.78 Å². The van der Waals surface area contributed by atoms with Crippen molar-refractivity contribution in [3.8, 4) is 11.3 Å². The summed E-state index contributed by atoms with van der Waals surface area (Å²) < 4.78 is 2.65. The highest BCUT2D eigenvalue weighted by Crippen LogP contribution is 2.30. The number of rotatable bonds is 1. The monoisotopic (exact) mass is 285 g/mol. The van der Waals surface area contributed by atoms with Crippen LogP contribution in [-0.4, -0.2) is 9.78 Å². The molecule has 0 fully saturated rings. The van der Waals surface area contributed by atoms with Gasteiger partial charge in [0.1, 0.15) is 0 Å². The zero-order valence-corrected chi connectivity index (χ0v) is 10.4. The van der Waals surface area contributed by atoms with Crippen molar-refractivity contribution < 1.29 is 0 Å². The Bertz CT molecular complexity index is 468. The average molecular weight is 287 g/mol. The van der Waals surface area contributed by atoms with Gasteiger partial charge in [-0.3, -0.25) is 4.68 Å². The molecule has 0 aliphatic heterocycles. The van der Waals surface area contributed by atoms with Crippen molar-refractivity contribution in [1.29, 1.82) is 0 Å². The minimum atomic E-state index is 0.645. The van der Waals surface area contributed by atoms with Crippen LogP contribution < -0.4 is 5.73 Å². The van der Waals surface area contributed by atoms with E-state index in [-0.39, 0.29) is 0 Å². The van der Waals surface area contributed by atoms with Crippen molar-refractivity contribution in [2.75, 3.05) is 5.73 Å². The highest BCUT2D eigenvalue weighted by Gasteiger charge is 2.09. The lowest BCUT2D eigenvalue weighted by Gasteiger charge is -2.05.